The summed E-state index contributed by atoms with van der Waals surface area (Å²) in [6, 6.07) is 8.98. The Morgan fingerprint density at radius 2 is 1.94 bits per heavy atom. The zero-order chi connectivity index (χ0) is 25.3. The normalized spacial score (nSPS) is 12.8. The lowest BCUT2D eigenvalue weighted by atomic mass is 10.0. The van der Waals surface area contributed by atoms with E-state index in [0.29, 0.717) is 28.9 Å². The molecule has 0 aliphatic carbocycles. The van der Waals surface area contributed by atoms with Crippen molar-refractivity contribution in [3.05, 3.63) is 112 Å². The van der Waals surface area contributed by atoms with Gasteiger partial charge in [-0.15, -0.1) is 0 Å². The van der Waals surface area contributed by atoms with Crippen molar-refractivity contribution in [2.24, 2.45) is 5.73 Å². The third-order valence-corrected chi connectivity index (χ3v) is 5.25. The quantitative estimate of drug-likeness (QED) is 0.282. The predicted molar refractivity (Wildman–Crippen MR) is 137 cm³/mol. The number of hydrogen-bond acceptors (Lipinski definition) is 3. The molecule has 0 bridgehead atoms. The fourth-order valence-corrected chi connectivity index (χ4v) is 3.39. The molecule has 178 valence electrons. The zero-order valence-corrected chi connectivity index (χ0v) is 20.3. The lowest BCUT2D eigenvalue weighted by molar-refractivity contribution is -0.114. The minimum Gasteiger partial charge on any atom is -0.508 e. The van der Waals surface area contributed by atoms with Crippen molar-refractivity contribution in [3.63, 3.8) is 0 Å². The van der Waals surface area contributed by atoms with Gasteiger partial charge in [0.05, 0.1) is 5.02 Å². The number of benzene rings is 2. The monoisotopic (exact) mass is 481 g/mol. The van der Waals surface area contributed by atoms with E-state index in [1.165, 1.54) is 18.2 Å². The van der Waals surface area contributed by atoms with Gasteiger partial charge in [-0.3, -0.25) is 4.79 Å². The molecule has 4 nitrogen and oxygen atoms in total. The van der Waals surface area contributed by atoms with Crippen LogP contribution in [-0.2, 0) is 11.4 Å². The Labute approximate surface area is 205 Å². The summed E-state index contributed by atoms with van der Waals surface area (Å²) < 4.78 is 19.2. The van der Waals surface area contributed by atoms with Gasteiger partial charge in [0, 0.05) is 16.7 Å². The molecule has 0 aliphatic rings. The highest BCUT2D eigenvalue weighted by Crippen LogP contribution is 2.31. The third kappa shape index (κ3) is 8.09. The Kier molecular flexibility index (Phi) is 9.90. The maximum Gasteiger partial charge on any atom is 0.248 e. The number of carbonyl (C=O) groups is 1. The number of amides is 1. The Hall–Kier alpha value is -3.57. The summed E-state index contributed by atoms with van der Waals surface area (Å²) in [5, 5.41) is 10.3. The number of carbonyl (C=O) groups excluding carboxylic acids is 1. The first-order valence-corrected chi connectivity index (χ1v) is 11.0. The topological polar surface area (TPSA) is 72.6 Å². The maximum atomic E-state index is 13.3. The summed E-state index contributed by atoms with van der Waals surface area (Å²) >= 11 is 6.10. The average molecular weight is 482 g/mol. The number of aromatic hydroxyl groups is 1. The fourth-order valence-electron chi connectivity index (χ4n) is 3.17. The van der Waals surface area contributed by atoms with Gasteiger partial charge in [0.2, 0.25) is 5.91 Å². The van der Waals surface area contributed by atoms with Crippen molar-refractivity contribution in [1.82, 2.24) is 0 Å². The van der Waals surface area contributed by atoms with Gasteiger partial charge in [-0.25, -0.2) is 4.39 Å². The Morgan fingerprint density at radius 3 is 2.59 bits per heavy atom. The van der Waals surface area contributed by atoms with Crippen LogP contribution in [0, 0.1) is 5.82 Å². The van der Waals surface area contributed by atoms with Gasteiger partial charge >= 0.3 is 0 Å². The molecule has 0 heterocycles. The zero-order valence-electron chi connectivity index (χ0n) is 19.6. The molecule has 0 atom stereocenters. The third-order valence-electron chi connectivity index (χ3n) is 4.90. The summed E-state index contributed by atoms with van der Waals surface area (Å²) in [4.78, 5) is 11.5. The van der Waals surface area contributed by atoms with Crippen LogP contribution in [0.1, 0.15) is 38.3 Å². The Morgan fingerprint density at radius 1 is 1.21 bits per heavy atom. The van der Waals surface area contributed by atoms with Gasteiger partial charge in [-0.2, -0.15) is 0 Å². The number of rotatable bonds is 10. The summed E-state index contributed by atoms with van der Waals surface area (Å²) in [7, 11) is 0. The van der Waals surface area contributed by atoms with Crippen molar-refractivity contribution in [1.29, 1.82) is 0 Å². The van der Waals surface area contributed by atoms with Crippen LogP contribution in [-0.4, -0.2) is 11.0 Å². The van der Waals surface area contributed by atoms with E-state index in [-0.39, 0.29) is 17.4 Å². The number of nitrogens with two attached hydrogens (primary N) is 1. The van der Waals surface area contributed by atoms with E-state index in [9.17, 15) is 14.3 Å². The number of ether oxygens (including phenoxy) is 1. The van der Waals surface area contributed by atoms with E-state index in [1.54, 1.807) is 36.4 Å². The van der Waals surface area contributed by atoms with Crippen molar-refractivity contribution in [2.45, 2.75) is 33.8 Å². The van der Waals surface area contributed by atoms with Crippen molar-refractivity contribution >= 4 is 23.1 Å². The van der Waals surface area contributed by atoms with Crippen LogP contribution in [0.25, 0.3) is 5.57 Å². The van der Waals surface area contributed by atoms with Crippen molar-refractivity contribution in [2.75, 3.05) is 0 Å². The van der Waals surface area contributed by atoms with Crippen LogP contribution in [0.4, 0.5) is 4.39 Å². The molecule has 6 heteroatoms. The molecule has 0 fully saturated rings. The maximum absolute atomic E-state index is 13.3. The van der Waals surface area contributed by atoms with E-state index >= 15 is 0 Å². The SMILES string of the molecule is C=C(/C=C(\C=C/C)C(N)=O)C/C(C)=C\C=C(/C)c1cc(O)ccc1OCc1ccc(F)cc1Cl. The van der Waals surface area contributed by atoms with Crippen LogP contribution in [0.15, 0.2) is 90.1 Å². The molecule has 0 aliphatic heterocycles. The molecular formula is C28H29ClFNO3. The summed E-state index contributed by atoms with van der Waals surface area (Å²) in [5.41, 5.74) is 9.79. The molecule has 1 amide bonds. The smallest absolute Gasteiger partial charge is 0.248 e. The highest BCUT2D eigenvalue weighted by molar-refractivity contribution is 6.31. The largest absolute Gasteiger partial charge is 0.508 e. The minimum absolute atomic E-state index is 0.108. The molecule has 0 unspecified atom stereocenters. The molecule has 0 saturated heterocycles. The molecule has 2 aromatic carbocycles. The second kappa shape index (κ2) is 12.6. The van der Waals surface area contributed by atoms with Gasteiger partial charge in [-0.1, -0.05) is 59.7 Å². The highest BCUT2D eigenvalue weighted by Gasteiger charge is 2.09. The van der Waals surface area contributed by atoms with Crippen LogP contribution < -0.4 is 10.5 Å². The van der Waals surface area contributed by atoms with Gasteiger partial charge in [0.1, 0.15) is 23.9 Å². The second-order valence-electron chi connectivity index (χ2n) is 7.87. The van der Waals surface area contributed by atoms with Crippen molar-refractivity contribution in [3.8, 4) is 11.5 Å². The molecule has 2 aromatic rings. The van der Waals surface area contributed by atoms with E-state index in [0.717, 1.165) is 16.7 Å². The second-order valence-corrected chi connectivity index (χ2v) is 8.27. The lowest BCUT2D eigenvalue weighted by Gasteiger charge is -2.13. The standard InChI is InChI=1S/C28H29ClFNO3/c1-5-6-21(28(31)33)14-19(3)13-18(2)7-8-20(4)25-16-24(32)11-12-27(25)34-17-22-9-10-23(30)15-26(22)29/h5-12,14-16,32H,3,13,17H2,1-2,4H3,(H2,31,33)/b6-5-,18-7-,20-8+,21-14+. The first kappa shape index (κ1) is 26.7. The van der Waals surface area contributed by atoms with Crippen LogP contribution in [0.2, 0.25) is 5.02 Å². The molecule has 0 radical (unpaired) electrons. The van der Waals surface area contributed by atoms with Crippen LogP contribution >= 0.6 is 11.6 Å². The lowest BCUT2D eigenvalue weighted by Crippen LogP contribution is -2.12. The molecule has 2 rings (SSSR count). The van der Waals surface area contributed by atoms with Crippen molar-refractivity contribution < 1.29 is 19.0 Å². The molecular weight excluding hydrogens is 453 g/mol. The molecule has 3 N–H and O–H groups in total. The van der Waals surface area contributed by atoms with Gasteiger partial charge < -0.3 is 15.6 Å². The van der Waals surface area contributed by atoms with E-state index < -0.39 is 11.7 Å². The first-order chi connectivity index (χ1) is 16.1. The first-order valence-electron chi connectivity index (χ1n) is 10.7. The van der Waals surface area contributed by atoms with E-state index in [1.807, 2.05) is 32.9 Å². The van der Waals surface area contributed by atoms with Crippen LogP contribution in [0.5, 0.6) is 11.5 Å². The molecule has 0 spiro atoms. The van der Waals surface area contributed by atoms with E-state index in [4.69, 9.17) is 22.1 Å². The summed E-state index contributed by atoms with van der Waals surface area (Å²) in [5.74, 6) is -0.249. The fraction of sp³-hybridized carbons (Fsp3) is 0.179. The number of hydrogen-bond donors (Lipinski definition) is 2. The number of primary amides is 1. The predicted octanol–water partition coefficient (Wildman–Crippen LogP) is 7.05. The highest BCUT2D eigenvalue weighted by atomic mass is 35.5. The Bertz CT molecular complexity index is 1190. The van der Waals surface area contributed by atoms with E-state index in [2.05, 4.69) is 6.58 Å². The molecule has 0 saturated carbocycles. The molecule has 34 heavy (non-hydrogen) atoms. The average Bonchev–Trinajstić information content (AvgIpc) is 2.77. The molecule has 0 aromatic heterocycles. The van der Waals surface area contributed by atoms with Gasteiger partial charge in [0.15, 0.2) is 0 Å². The number of allylic oxidation sites excluding steroid dienone is 7. The summed E-state index contributed by atoms with van der Waals surface area (Å²) in [6.07, 6.45) is 9.50. The number of phenolic OH excluding ortho intramolecular Hbond substituents is 1. The van der Waals surface area contributed by atoms with Crippen LogP contribution in [0.3, 0.4) is 0 Å². The minimum atomic E-state index is -0.505. The number of halogens is 2. The van der Waals surface area contributed by atoms with Gasteiger partial charge in [-0.05, 0) is 69.2 Å². The Balaban J connectivity index is 2.19. The van der Waals surface area contributed by atoms with Gasteiger partial charge in [0.25, 0.3) is 0 Å². The summed E-state index contributed by atoms with van der Waals surface area (Å²) in [6.45, 7) is 9.83. The number of phenols is 1.